The van der Waals surface area contributed by atoms with Crippen molar-refractivity contribution in [2.45, 2.75) is 0 Å². The molecule has 62 valence electrons. The van der Waals surface area contributed by atoms with E-state index in [0.29, 0.717) is 0 Å². The summed E-state index contributed by atoms with van der Waals surface area (Å²) in [6, 6.07) is 4.70. The predicted octanol–water partition coefficient (Wildman–Crippen LogP) is 0.323. The maximum absolute atomic E-state index is 10.3. The first-order chi connectivity index (χ1) is 5.61. The number of hydrogen-bond acceptors (Lipinski definition) is 4. The first kappa shape index (κ1) is 8.77. The lowest BCUT2D eigenvalue weighted by molar-refractivity contribution is -0.384. The molecule has 0 aliphatic heterocycles. The molecule has 1 unspecified atom stereocenters. The number of rotatable bonds is 2. The van der Waals surface area contributed by atoms with Gasteiger partial charge in [0.15, 0.2) is 5.30 Å². The minimum absolute atomic E-state index is 0.0793. The number of benzene rings is 1. The first-order valence-electron chi connectivity index (χ1n) is 3.00. The molecule has 1 aromatic rings. The Hall–Kier alpha value is -1.32. The smallest absolute Gasteiger partial charge is 0.348 e. The van der Waals surface area contributed by atoms with Gasteiger partial charge in [-0.2, -0.15) is 0 Å². The van der Waals surface area contributed by atoms with Crippen LogP contribution in [-0.2, 0) is 4.57 Å². The zero-order valence-corrected chi connectivity index (χ0v) is 6.73. The van der Waals surface area contributed by atoms with Crippen LogP contribution in [0.3, 0.4) is 0 Å². The van der Waals surface area contributed by atoms with Crippen LogP contribution < -0.4 is 10.2 Å². The summed E-state index contributed by atoms with van der Waals surface area (Å²) in [5.41, 5.74) is -0.115. The topological polar surface area (TPSA) is 83.3 Å². The van der Waals surface area contributed by atoms with Crippen molar-refractivity contribution in [2.24, 2.45) is 0 Å². The second-order valence-electron chi connectivity index (χ2n) is 2.03. The average molecular weight is 185 g/mol. The molecule has 0 aliphatic rings. The molecule has 6 heteroatoms. The fourth-order valence-corrected chi connectivity index (χ4v) is 1.09. The van der Waals surface area contributed by atoms with E-state index in [-0.39, 0.29) is 11.0 Å². The maximum atomic E-state index is 10.3. The summed E-state index contributed by atoms with van der Waals surface area (Å²) in [6.07, 6.45) is 0. The fraction of sp³-hybridized carbons (Fsp3) is 0. The van der Waals surface area contributed by atoms with Gasteiger partial charge in [0.05, 0.1) is 4.92 Å². The van der Waals surface area contributed by atoms with Crippen molar-refractivity contribution in [2.75, 3.05) is 0 Å². The summed E-state index contributed by atoms with van der Waals surface area (Å²) in [5.74, 6) is 0. The van der Waals surface area contributed by atoms with Crippen LogP contribution in [0, 0.1) is 10.1 Å². The van der Waals surface area contributed by atoms with Gasteiger partial charge < -0.3 is 4.89 Å². The van der Waals surface area contributed by atoms with E-state index >= 15 is 0 Å². The van der Waals surface area contributed by atoms with Crippen LogP contribution in [0.15, 0.2) is 24.3 Å². The molecule has 0 amide bonds. The molecule has 1 rings (SSSR count). The zero-order chi connectivity index (χ0) is 9.14. The molecule has 0 bridgehead atoms. The molecule has 1 atom stereocenters. The van der Waals surface area contributed by atoms with E-state index in [1.807, 2.05) is 0 Å². The highest BCUT2D eigenvalue weighted by atomic mass is 31.1. The lowest BCUT2D eigenvalue weighted by atomic mass is 10.3. The minimum atomic E-state index is -2.65. The number of nitro groups is 1. The van der Waals surface area contributed by atoms with Gasteiger partial charge in [-0.15, -0.1) is 0 Å². The van der Waals surface area contributed by atoms with Gasteiger partial charge in [-0.25, -0.2) is 0 Å². The molecule has 1 aromatic carbocycles. The molecule has 0 heterocycles. The van der Waals surface area contributed by atoms with Gasteiger partial charge in [-0.05, 0) is 12.1 Å². The monoisotopic (exact) mass is 185 g/mol. The van der Waals surface area contributed by atoms with Gasteiger partial charge in [0.2, 0.25) is 0 Å². The van der Waals surface area contributed by atoms with E-state index in [9.17, 15) is 19.6 Å². The Labute approximate surface area is 68.7 Å². The first-order valence-corrected chi connectivity index (χ1v) is 4.18. The predicted molar refractivity (Wildman–Crippen MR) is 40.3 cm³/mol. The molecule has 0 aliphatic carbocycles. The van der Waals surface area contributed by atoms with E-state index < -0.39 is 13.0 Å². The second kappa shape index (κ2) is 3.38. The highest BCUT2D eigenvalue weighted by Gasteiger charge is 2.09. The minimum Gasteiger partial charge on any atom is -0.591 e. The van der Waals surface area contributed by atoms with Crippen LogP contribution in [0.25, 0.3) is 0 Å². The molecule has 12 heavy (non-hydrogen) atoms. The zero-order valence-electron chi connectivity index (χ0n) is 5.84. The van der Waals surface area contributed by atoms with Crippen LogP contribution in [0.4, 0.5) is 5.69 Å². The highest BCUT2D eigenvalue weighted by Crippen LogP contribution is 2.12. The van der Waals surface area contributed by atoms with Gasteiger partial charge in [0, 0.05) is 12.1 Å². The molecule has 0 N–H and O–H groups in total. The molecule has 0 radical (unpaired) electrons. The Bertz CT molecular complexity index is 288. The lowest BCUT2D eigenvalue weighted by Gasteiger charge is -1.89. The van der Waals surface area contributed by atoms with E-state index in [2.05, 4.69) is 0 Å². The fourth-order valence-electron chi connectivity index (χ4n) is 0.696. The Morgan fingerprint density at radius 2 is 1.75 bits per heavy atom. The van der Waals surface area contributed by atoms with E-state index in [1.165, 1.54) is 12.1 Å². The summed E-state index contributed by atoms with van der Waals surface area (Å²) < 4.78 is 10.3. The van der Waals surface area contributed by atoms with Gasteiger partial charge in [-0.3, -0.25) is 10.1 Å². The van der Waals surface area contributed by atoms with Crippen molar-refractivity contribution in [1.82, 2.24) is 0 Å². The van der Waals surface area contributed by atoms with Crippen LogP contribution >= 0.6 is 8.03 Å². The molecular weight excluding hydrogens is 181 g/mol. The molecule has 0 saturated heterocycles. The second-order valence-corrected chi connectivity index (χ2v) is 3.06. The highest BCUT2D eigenvalue weighted by molar-refractivity contribution is 7.45. The van der Waals surface area contributed by atoms with Crippen molar-refractivity contribution in [3.63, 3.8) is 0 Å². The summed E-state index contributed by atoms with van der Waals surface area (Å²) in [7, 11) is -2.65. The van der Waals surface area contributed by atoms with Gasteiger partial charge >= 0.3 is 8.03 Å². The van der Waals surface area contributed by atoms with Crippen LogP contribution in [0.5, 0.6) is 0 Å². The summed E-state index contributed by atoms with van der Waals surface area (Å²) in [4.78, 5) is 19.9. The molecule has 0 spiro atoms. The number of non-ortho nitro benzene ring substituents is 1. The maximum Gasteiger partial charge on any atom is 0.348 e. The largest absolute Gasteiger partial charge is 0.591 e. The number of nitro benzene ring substituents is 1. The van der Waals surface area contributed by atoms with Crippen LogP contribution in [-0.4, -0.2) is 4.92 Å². The molecule has 0 fully saturated rings. The third-order valence-corrected chi connectivity index (χ3v) is 1.99. The normalized spacial score (nSPS) is 10.9. The standard InChI is InChI=1S/C6H4NO4P/c8-7(9)5-1-3-6(4-2-5)12(10)11/h1-4H. The van der Waals surface area contributed by atoms with Crippen molar-refractivity contribution in [3.8, 4) is 0 Å². The Morgan fingerprint density at radius 3 is 2.08 bits per heavy atom. The molecule has 0 saturated carbocycles. The number of hydrogen-bond donors (Lipinski definition) is 0. The van der Waals surface area contributed by atoms with Gasteiger partial charge in [0.1, 0.15) is 0 Å². The Balaban J connectivity index is 3.01. The van der Waals surface area contributed by atoms with Crippen molar-refractivity contribution in [1.29, 1.82) is 0 Å². The van der Waals surface area contributed by atoms with Crippen LogP contribution in [0.1, 0.15) is 0 Å². The third kappa shape index (κ3) is 1.84. The van der Waals surface area contributed by atoms with E-state index in [4.69, 9.17) is 0 Å². The quantitative estimate of drug-likeness (QED) is 0.377. The van der Waals surface area contributed by atoms with Crippen molar-refractivity contribution >= 4 is 19.0 Å². The Morgan fingerprint density at radius 1 is 1.25 bits per heavy atom. The van der Waals surface area contributed by atoms with Gasteiger partial charge in [0.25, 0.3) is 5.69 Å². The third-order valence-electron chi connectivity index (χ3n) is 1.27. The lowest BCUT2D eigenvalue weighted by Crippen LogP contribution is -2.03. The van der Waals surface area contributed by atoms with E-state index in [0.717, 1.165) is 12.1 Å². The summed E-state index contributed by atoms with van der Waals surface area (Å²) >= 11 is 0. The summed E-state index contributed by atoms with van der Waals surface area (Å²) in [5, 5.41) is 10.2. The van der Waals surface area contributed by atoms with E-state index in [1.54, 1.807) is 0 Å². The average Bonchev–Trinajstić information content (AvgIpc) is 2.04. The Kier molecular flexibility index (Phi) is 2.47. The van der Waals surface area contributed by atoms with Crippen molar-refractivity contribution < 1.29 is 14.4 Å². The molecule has 5 nitrogen and oxygen atoms in total. The van der Waals surface area contributed by atoms with Crippen molar-refractivity contribution in [3.05, 3.63) is 34.4 Å². The summed E-state index contributed by atoms with van der Waals surface area (Å²) in [6.45, 7) is 0. The van der Waals surface area contributed by atoms with Crippen LogP contribution in [0.2, 0.25) is 0 Å². The SMILES string of the molecule is O=[N+]([O-])c1ccc([P+](=O)[O-])cc1. The molecular formula is C6H4NO4P. The number of nitrogens with zero attached hydrogens (tertiary/aromatic N) is 1. The van der Waals surface area contributed by atoms with Gasteiger partial charge in [-0.1, -0.05) is 4.57 Å². The molecule has 0 aromatic heterocycles.